The van der Waals surface area contributed by atoms with E-state index in [4.69, 9.17) is 11.6 Å². The van der Waals surface area contributed by atoms with Crippen molar-refractivity contribution in [1.82, 2.24) is 19.9 Å². The lowest BCUT2D eigenvalue weighted by atomic mass is 10.1. The van der Waals surface area contributed by atoms with E-state index in [1.165, 1.54) is 0 Å². The summed E-state index contributed by atoms with van der Waals surface area (Å²) < 4.78 is 0. The Labute approximate surface area is 139 Å². The zero-order chi connectivity index (χ0) is 16.2. The van der Waals surface area contributed by atoms with Crippen LogP contribution in [0.4, 0.5) is 5.95 Å². The highest BCUT2D eigenvalue weighted by Crippen LogP contribution is 2.19. The first-order valence-corrected chi connectivity index (χ1v) is 7.98. The molecule has 1 saturated heterocycles. The number of piperidine rings is 1. The number of nitrogens with one attached hydrogen (secondary N) is 1. The monoisotopic (exact) mass is 331 g/mol. The van der Waals surface area contributed by atoms with Crippen LogP contribution in [-0.2, 0) is 4.79 Å². The average molecular weight is 332 g/mol. The molecule has 0 aliphatic carbocycles. The van der Waals surface area contributed by atoms with Crippen LogP contribution in [0.2, 0.25) is 5.28 Å². The summed E-state index contributed by atoms with van der Waals surface area (Å²) >= 11 is 6.03. The maximum atomic E-state index is 11.4. The number of amides is 1. The number of benzene rings is 1. The van der Waals surface area contributed by atoms with Gasteiger partial charge in [0.2, 0.25) is 17.1 Å². The molecule has 2 aromatic rings. The molecule has 0 atom stereocenters. The highest BCUT2D eigenvalue weighted by molar-refractivity contribution is 6.28. The summed E-state index contributed by atoms with van der Waals surface area (Å²) in [5.74, 6) is 1.15. The highest BCUT2D eigenvalue weighted by Gasteiger charge is 2.21. The van der Waals surface area contributed by atoms with Gasteiger partial charge in [-0.3, -0.25) is 4.79 Å². The number of rotatable bonds is 3. The first-order valence-electron chi connectivity index (χ1n) is 7.61. The lowest BCUT2D eigenvalue weighted by Gasteiger charge is -2.31. The fraction of sp³-hybridized carbons (Fsp3) is 0.375. The van der Waals surface area contributed by atoms with Crippen LogP contribution in [-0.4, -0.2) is 44.9 Å². The minimum Gasteiger partial charge on any atom is -0.351 e. The molecule has 3 rings (SSSR count). The summed E-state index contributed by atoms with van der Waals surface area (Å²) in [5, 5.41) is 3.48. The number of carbonyl (C=O) groups is 1. The molecule has 1 aliphatic rings. The SMILES string of the molecule is CC(=O)N1CCC(Nc2nc(Cl)nc(-c3ccccc3)n2)CC1. The molecule has 0 radical (unpaired) electrons. The van der Waals surface area contributed by atoms with Crippen molar-refractivity contribution in [3.05, 3.63) is 35.6 Å². The van der Waals surface area contributed by atoms with Gasteiger partial charge in [-0.1, -0.05) is 30.3 Å². The number of halogens is 1. The third-order valence-electron chi connectivity index (χ3n) is 3.91. The Kier molecular flexibility index (Phi) is 4.71. The number of likely N-dealkylation sites (tertiary alicyclic amines) is 1. The Morgan fingerprint density at radius 1 is 1.17 bits per heavy atom. The van der Waals surface area contributed by atoms with Gasteiger partial charge in [-0.25, -0.2) is 0 Å². The molecule has 1 fully saturated rings. The zero-order valence-electron chi connectivity index (χ0n) is 12.9. The van der Waals surface area contributed by atoms with Crippen LogP contribution in [0.15, 0.2) is 30.3 Å². The minimum absolute atomic E-state index is 0.123. The largest absolute Gasteiger partial charge is 0.351 e. The van der Waals surface area contributed by atoms with Crippen molar-refractivity contribution in [3.63, 3.8) is 0 Å². The molecule has 6 nitrogen and oxygen atoms in total. The van der Waals surface area contributed by atoms with E-state index in [2.05, 4.69) is 20.3 Å². The van der Waals surface area contributed by atoms with Gasteiger partial charge < -0.3 is 10.2 Å². The van der Waals surface area contributed by atoms with Crippen molar-refractivity contribution >= 4 is 23.5 Å². The van der Waals surface area contributed by atoms with Crippen LogP contribution in [0.25, 0.3) is 11.4 Å². The molecule has 120 valence electrons. The molecule has 0 spiro atoms. The summed E-state index contributed by atoms with van der Waals surface area (Å²) in [6, 6.07) is 9.89. The third-order valence-corrected chi connectivity index (χ3v) is 4.08. The molecule has 23 heavy (non-hydrogen) atoms. The van der Waals surface area contributed by atoms with Crippen LogP contribution in [0.1, 0.15) is 19.8 Å². The molecule has 0 unspecified atom stereocenters. The number of carbonyl (C=O) groups excluding carboxylic acids is 1. The zero-order valence-corrected chi connectivity index (χ0v) is 13.6. The Morgan fingerprint density at radius 3 is 2.52 bits per heavy atom. The summed E-state index contributed by atoms with van der Waals surface area (Å²) in [6.07, 6.45) is 1.73. The smallest absolute Gasteiger partial charge is 0.227 e. The van der Waals surface area contributed by atoms with Gasteiger partial charge in [-0.05, 0) is 24.4 Å². The normalized spacial score (nSPS) is 15.5. The van der Waals surface area contributed by atoms with Gasteiger partial charge >= 0.3 is 0 Å². The molecule has 1 amide bonds. The van der Waals surface area contributed by atoms with Gasteiger partial charge in [0.1, 0.15) is 0 Å². The van der Waals surface area contributed by atoms with Crippen LogP contribution < -0.4 is 5.32 Å². The van der Waals surface area contributed by atoms with E-state index in [0.717, 1.165) is 31.5 Å². The molecule has 0 saturated carbocycles. The van der Waals surface area contributed by atoms with Gasteiger partial charge in [-0.2, -0.15) is 15.0 Å². The second-order valence-electron chi connectivity index (χ2n) is 5.54. The summed E-state index contributed by atoms with van der Waals surface area (Å²) in [7, 11) is 0. The maximum Gasteiger partial charge on any atom is 0.227 e. The van der Waals surface area contributed by atoms with E-state index in [1.807, 2.05) is 35.2 Å². The van der Waals surface area contributed by atoms with Crippen molar-refractivity contribution < 1.29 is 4.79 Å². The second kappa shape index (κ2) is 6.91. The average Bonchev–Trinajstić information content (AvgIpc) is 2.55. The predicted octanol–water partition coefficient (Wildman–Crippen LogP) is 2.61. The molecule has 1 aromatic carbocycles. The van der Waals surface area contributed by atoms with Gasteiger partial charge in [0.25, 0.3) is 0 Å². The molecular weight excluding hydrogens is 314 g/mol. The second-order valence-corrected chi connectivity index (χ2v) is 5.88. The molecule has 1 aliphatic heterocycles. The molecule has 2 heterocycles. The summed E-state index contributed by atoms with van der Waals surface area (Å²) in [6.45, 7) is 3.10. The fourth-order valence-electron chi connectivity index (χ4n) is 2.65. The quantitative estimate of drug-likeness (QED) is 0.936. The summed E-state index contributed by atoms with van der Waals surface area (Å²) in [5.41, 5.74) is 0.895. The van der Waals surface area contributed by atoms with Crippen LogP contribution in [0.5, 0.6) is 0 Å². The maximum absolute atomic E-state index is 11.4. The fourth-order valence-corrected chi connectivity index (χ4v) is 2.81. The van der Waals surface area contributed by atoms with Gasteiger partial charge in [0.05, 0.1) is 0 Å². The standard InChI is InChI=1S/C16H18ClN5O/c1-11(23)22-9-7-13(8-10-22)18-16-20-14(19-15(17)21-16)12-5-3-2-4-6-12/h2-6,13H,7-10H2,1H3,(H,18,19,20,21). The molecule has 1 N–H and O–H groups in total. The first-order chi connectivity index (χ1) is 11.1. The van der Waals surface area contributed by atoms with Crippen LogP contribution >= 0.6 is 11.6 Å². The van der Waals surface area contributed by atoms with Crippen molar-refractivity contribution in [1.29, 1.82) is 0 Å². The number of aromatic nitrogens is 3. The predicted molar refractivity (Wildman–Crippen MR) is 89.2 cm³/mol. The molecular formula is C16H18ClN5O. The minimum atomic E-state index is 0.123. The van der Waals surface area contributed by atoms with Crippen LogP contribution in [0, 0.1) is 0 Å². The first kappa shape index (κ1) is 15.7. The van der Waals surface area contributed by atoms with E-state index in [9.17, 15) is 4.79 Å². The molecule has 1 aromatic heterocycles. The molecule has 7 heteroatoms. The lowest BCUT2D eigenvalue weighted by molar-refractivity contribution is -0.129. The van der Waals surface area contributed by atoms with E-state index < -0.39 is 0 Å². The van der Waals surface area contributed by atoms with Gasteiger partial charge in [-0.15, -0.1) is 0 Å². The van der Waals surface area contributed by atoms with E-state index in [1.54, 1.807) is 6.92 Å². The van der Waals surface area contributed by atoms with Crippen molar-refractivity contribution in [3.8, 4) is 11.4 Å². The Hall–Kier alpha value is -2.21. The van der Waals surface area contributed by atoms with E-state index >= 15 is 0 Å². The highest BCUT2D eigenvalue weighted by atomic mass is 35.5. The lowest BCUT2D eigenvalue weighted by Crippen LogP contribution is -2.41. The van der Waals surface area contributed by atoms with Crippen molar-refractivity contribution in [2.24, 2.45) is 0 Å². The van der Waals surface area contributed by atoms with Crippen LogP contribution in [0.3, 0.4) is 0 Å². The topological polar surface area (TPSA) is 71.0 Å². The Bertz CT molecular complexity index is 686. The number of anilines is 1. The van der Waals surface area contributed by atoms with E-state index in [-0.39, 0.29) is 17.2 Å². The van der Waals surface area contributed by atoms with Gasteiger partial charge in [0, 0.05) is 31.6 Å². The Morgan fingerprint density at radius 2 is 1.87 bits per heavy atom. The number of nitrogens with zero attached hydrogens (tertiary/aromatic N) is 4. The third kappa shape index (κ3) is 3.96. The van der Waals surface area contributed by atoms with Crippen molar-refractivity contribution in [2.45, 2.75) is 25.8 Å². The number of hydrogen-bond donors (Lipinski definition) is 1. The van der Waals surface area contributed by atoms with Gasteiger partial charge in [0.15, 0.2) is 5.82 Å². The van der Waals surface area contributed by atoms with E-state index in [0.29, 0.717) is 11.8 Å². The molecule has 0 bridgehead atoms. The Balaban J connectivity index is 1.72. The van der Waals surface area contributed by atoms with Crippen molar-refractivity contribution in [2.75, 3.05) is 18.4 Å². The summed E-state index contributed by atoms with van der Waals surface area (Å²) in [4.78, 5) is 26.0. The number of hydrogen-bond acceptors (Lipinski definition) is 5.